The molecule has 6 nitrogen and oxygen atoms in total. The lowest BCUT2D eigenvalue weighted by Gasteiger charge is -2.32. The number of amides is 2. The third-order valence-corrected chi connectivity index (χ3v) is 6.66. The number of benzene rings is 2. The number of aryl methyl sites for hydroxylation is 1. The Bertz CT molecular complexity index is 924. The average Bonchev–Trinajstić information content (AvgIpc) is 2.69. The van der Waals surface area contributed by atoms with Crippen molar-refractivity contribution in [1.29, 1.82) is 0 Å². The number of anilines is 1. The van der Waals surface area contributed by atoms with E-state index in [-0.39, 0.29) is 17.0 Å². The first kappa shape index (κ1) is 20.6. The number of piperidine rings is 1. The lowest BCUT2D eigenvalue weighted by Crippen LogP contribution is -2.47. The predicted octanol–water partition coefficient (Wildman–Crippen LogP) is 3.88. The Balaban J connectivity index is 1.55. The molecular weight excluding hydrogens is 398 g/mol. The Morgan fingerprint density at radius 3 is 2.39 bits per heavy atom. The maximum absolute atomic E-state index is 12.5. The van der Waals surface area contributed by atoms with Crippen molar-refractivity contribution >= 4 is 33.3 Å². The number of hydrogen-bond acceptors (Lipinski definition) is 3. The van der Waals surface area contributed by atoms with Crippen LogP contribution >= 0.6 is 11.6 Å². The molecule has 1 saturated heterocycles. The lowest BCUT2D eigenvalue weighted by molar-refractivity contribution is 0.193. The summed E-state index contributed by atoms with van der Waals surface area (Å²) < 4.78 is 27.7. The van der Waals surface area contributed by atoms with E-state index >= 15 is 0 Å². The third kappa shape index (κ3) is 5.04. The highest BCUT2D eigenvalue weighted by Gasteiger charge is 2.27. The van der Waals surface area contributed by atoms with E-state index in [1.54, 1.807) is 17.0 Å². The van der Waals surface area contributed by atoms with Gasteiger partial charge in [-0.15, -0.1) is 0 Å². The smallest absolute Gasteiger partial charge is 0.321 e. The van der Waals surface area contributed by atoms with Crippen LogP contribution in [0.1, 0.15) is 25.3 Å². The van der Waals surface area contributed by atoms with Gasteiger partial charge in [-0.05, 0) is 55.2 Å². The van der Waals surface area contributed by atoms with Crippen LogP contribution in [0.15, 0.2) is 53.4 Å². The van der Waals surface area contributed by atoms with Crippen LogP contribution in [0.4, 0.5) is 10.5 Å². The summed E-state index contributed by atoms with van der Waals surface area (Å²) in [6, 6.07) is 13.5. The third-order valence-electron chi connectivity index (χ3n) is 4.87. The minimum absolute atomic E-state index is 0.153. The number of carbonyl (C=O) groups is 1. The van der Waals surface area contributed by atoms with Gasteiger partial charge in [-0.25, -0.2) is 17.9 Å². The summed E-state index contributed by atoms with van der Waals surface area (Å²) in [5, 5.41) is 3.45. The molecule has 0 spiro atoms. The SMILES string of the molecule is CCc1ccccc1NC(=O)N1CCC(NS(=O)(=O)c2ccc(Cl)cc2)CC1. The molecule has 0 atom stereocenters. The number of rotatable bonds is 5. The second kappa shape index (κ2) is 8.94. The largest absolute Gasteiger partial charge is 0.324 e. The molecule has 0 aromatic heterocycles. The minimum atomic E-state index is -3.60. The Hall–Kier alpha value is -2.09. The van der Waals surface area contributed by atoms with Gasteiger partial charge >= 0.3 is 6.03 Å². The Morgan fingerprint density at radius 1 is 1.11 bits per heavy atom. The van der Waals surface area contributed by atoms with Crippen LogP contribution < -0.4 is 10.0 Å². The first-order valence-electron chi connectivity index (χ1n) is 9.31. The van der Waals surface area contributed by atoms with E-state index in [0.29, 0.717) is 31.0 Å². The molecule has 1 aliphatic heterocycles. The highest BCUT2D eigenvalue weighted by Crippen LogP contribution is 2.19. The molecule has 1 fully saturated rings. The van der Waals surface area contributed by atoms with E-state index in [1.165, 1.54) is 12.1 Å². The summed E-state index contributed by atoms with van der Waals surface area (Å²) in [6.45, 7) is 3.03. The average molecular weight is 422 g/mol. The maximum Gasteiger partial charge on any atom is 0.321 e. The molecule has 2 aromatic carbocycles. The van der Waals surface area contributed by atoms with Crippen LogP contribution in [0.5, 0.6) is 0 Å². The van der Waals surface area contributed by atoms with Crippen molar-refractivity contribution in [2.45, 2.75) is 37.1 Å². The van der Waals surface area contributed by atoms with Crippen molar-refractivity contribution < 1.29 is 13.2 Å². The van der Waals surface area contributed by atoms with Gasteiger partial charge in [0.25, 0.3) is 0 Å². The zero-order valence-electron chi connectivity index (χ0n) is 15.7. The van der Waals surface area contributed by atoms with Crippen LogP contribution in [0.25, 0.3) is 0 Å². The monoisotopic (exact) mass is 421 g/mol. The zero-order chi connectivity index (χ0) is 20.1. The summed E-state index contributed by atoms with van der Waals surface area (Å²) in [6.07, 6.45) is 1.97. The molecule has 150 valence electrons. The van der Waals surface area contributed by atoms with Crippen LogP contribution in [-0.4, -0.2) is 38.5 Å². The molecule has 1 aliphatic rings. The number of likely N-dealkylation sites (tertiary alicyclic amines) is 1. The van der Waals surface area contributed by atoms with Gasteiger partial charge in [0.15, 0.2) is 0 Å². The van der Waals surface area contributed by atoms with Gasteiger partial charge in [0.1, 0.15) is 0 Å². The Labute approximate surface area is 170 Å². The van der Waals surface area contributed by atoms with E-state index in [9.17, 15) is 13.2 Å². The number of nitrogens with one attached hydrogen (secondary N) is 2. The normalized spacial score (nSPS) is 15.4. The summed E-state index contributed by atoms with van der Waals surface area (Å²) in [5.74, 6) is 0. The molecule has 0 radical (unpaired) electrons. The molecule has 0 unspecified atom stereocenters. The number of sulfonamides is 1. The summed E-state index contributed by atoms with van der Waals surface area (Å²) >= 11 is 5.82. The van der Waals surface area contributed by atoms with Gasteiger partial charge in [0, 0.05) is 29.8 Å². The summed E-state index contributed by atoms with van der Waals surface area (Å²) in [4.78, 5) is 14.5. The molecular formula is C20H24ClN3O3S. The van der Waals surface area contributed by atoms with Crippen molar-refractivity contribution in [2.24, 2.45) is 0 Å². The molecule has 1 heterocycles. The molecule has 0 saturated carbocycles. The minimum Gasteiger partial charge on any atom is -0.324 e. The van der Waals surface area contributed by atoms with E-state index < -0.39 is 10.0 Å². The fraction of sp³-hybridized carbons (Fsp3) is 0.350. The highest BCUT2D eigenvalue weighted by atomic mass is 35.5. The molecule has 0 aliphatic carbocycles. The molecule has 28 heavy (non-hydrogen) atoms. The Kier molecular flexibility index (Phi) is 6.59. The van der Waals surface area contributed by atoms with Crippen LogP contribution in [-0.2, 0) is 16.4 Å². The maximum atomic E-state index is 12.5. The Morgan fingerprint density at radius 2 is 1.75 bits per heavy atom. The van der Waals surface area contributed by atoms with Crippen molar-refractivity contribution in [3.63, 3.8) is 0 Å². The number of hydrogen-bond donors (Lipinski definition) is 2. The second-order valence-corrected chi connectivity index (χ2v) is 8.93. The fourth-order valence-corrected chi connectivity index (χ4v) is 4.68. The van der Waals surface area contributed by atoms with E-state index in [2.05, 4.69) is 10.0 Å². The number of carbonyl (C=O) groups excluding carboxylic acids is 1. The van der Waals surface area contributed by atoms with Crippen LogP contribution in [0, 0.1) is 0 Å². The van der Waals surface area contributed by atoms with E-state index in [4.69, 9.17) is 11.6 Å². The van der Waals surface area contributed by atoms with Gasteiger partial charge in [-0.1, -0.05) is 36.7 Å². The second-order valence-electron chi connectivity index (χ2n) is 6.78. The van der Waals surface area contributed by atoms with Gasteiger partial charge in [-0.3, -0.25) is 0 Å². The predicted molar refractivity (Wildman–Crippen MR) is 111 cm³/mol. The number of halogens is 1. The summed E-state index contributed by atoms with van der Waals surface area (Å²) in [7, 11) is -3.60. The topological polar surface area (TPSA) is 78.5 Å². The van der Waals surface area contributed by atoms with Gasteiger partial charge in [-0.2, -0.15) is 0 Å². The number of nitrogens with zero attached hydrogens (tertiary/aromatic N) is 1. The lowest BCUT2D eigenvalue weighted by atomic mass is 10.1. The molecule has 3 rings (SSSR count). The highest BCUT2D eigenvalue weighted by molar-refractivity contribution is 7.89. The first-order valence-corrected chi connectivity index (χ1v) is 11.2. The first-order chi connectivity index (χ1) is 13.4. The molecule has 2 aromatic rings. The molecule has 8 heteroatoms. The fourth-order valence-electron chi connectivity index (χ4n) is 3.25. The van der Waals surface area contributed by atoms with Crippen molar-refractivity contribution in [3.8, 4) is 0 Å². The van der Waals surface area contributed by atoms with Crippen molar-refractivity contribution in [2.75, 3.05) is 18.4 Å². The standard InChI is InChI=1S/C20H24ClN3O3S/c1-2-15-5-3-4-6-19(15)22-20(25)24-13-11-17(12-14-24)23-28(26,27)18-9-7-16(21)8-10-18/h3-10,17,23H,2,11-14H2,1H3,(H,22,25). The van der Waals surface area contributed by atoms with Crippen LogP contribution in [0.2, 0.25) is 5.02 Å². The van der Waals surface area contributed by atoms with Gasteiger partial charge in [0.2, 0.25) is 10.0 Å². The van der Waals surface area contributed by atoms with Gasteiger partial charge in [0.05, 0.1) is 4.90 Å². The quantitative estimate of drug-likeness (QED) is 0.768. The number of para-hydroxylation sites is 1. The molecule has 2 amide bonds. The van der Waals surface area contributed by atoms with E-state index in [1.807, 2.05) is 31.2 Å². The summed E-state index contributed by atoms with van der Waals surface area (Å²) in [5.41, 5.74) is 1.90. The van der Waals surface area contributed by atoms with Crippen molar-refractivity contribution in [3.05, 3.63) is 59.1 Å². The van der Waals surface area contributed by atoms with Crippen LogP contribution in [0.3, 0.4) is 0 Å². The zero-order valence-corrected chi connectivity index (χ0v) is 17.3. The van der Waals surface area contributed by atoms with Crippen molar-refractivity contribution in [1.82, 2.24) is 9.62 Å². The van der Waals surface area contributed by atoms with Gasteiger partial charge < -0.3 is 10.2 Å². The molecule has 0 bridgehead atoms. The molecule has 2 N–H and O–H groups in total. The van der Waals surface area contributed by atoms with E-state index in [0.717, 1.165) is 17.7 Å². The number of urea groups is 1.